The summed E-state index contributed by atoms with van der Waals surface area (Å²) in [6.45, 7) is 1.65. The lowest BCUT2D eigenvalue weighted by Crippen LogP contribution is -2.21. The number of nitrogens with zero attached hydrogens (tertiary/aromatic N) is 2. The van der Waals surface area contributed by atoms with Gasteiger partial charge in [0, 0.05) is 34.6 Å². The zero-order valence-corrected chi connectivity index (χ0v) is 17.3. The number of esters is 1. The molecule has 2 aromatic heterocycles. The third kappa shape index (κ3) is 4.76. The average Bonchev–Trinajstić information content (AvgIpc) is 3.23. The number of carbonyl (C=O) groups is 2. The number of ether oxygens (including phenoxy) is 1. The lowest BCUT2D eigenvalue weighted by atomic mass is 10.0. The van der Waals surface area contributed by atoms with Crippen molar-refractivity contribution in [1.82, 2.24) is 4.57 Å². The summed E-state index contributed by atoms with van der Waals surface area (Å²) in [5.41, 5.74) is -0.0889. The van der Waals surface area contributed by atoms with Gasteiger partial charge in [-0.25, -0.2) is 4.79 Å². The highest BCUT2D eigenvalue weighted by Crippen LogP contribution is 2.25. The molecule has 0 aliphatic rings. The first kappa shape index (κ1) is 22.1. The summed E-state index contributed by atoms with van der Waals surface area (Å²) in [5, 5.41) is 20.2. The fraction of sp³-hybridized carbons (Fsp3) is 0.190. The van der Waals surface area contributed by atoms with E-state index < -0.39 is 22.1 Å². The van der Waals surface area contributed by atoms with E-state index in [4.69, 9.17) is 4.74 Å². The minimum atomic E-state index is -0.781. The number of aliphatic hydroxyl groups is 1. The van der Waals surface area contributed by atoms with Crippen molar-refractivity contribution in [2.24, 2.45) is 0 Å². The molecule has 0 radical (unpaired) electrons. The number of thiophene rings is 1. The van der Waals surface area contributed by atoms with Crippen LogP contribution in [-0.4, -0.2) is 39.6 Å². The number of carbonyl (C=O) groups excluding carboxylic acids is 2. The number of aromatic nitrogens is 1. The third-order valence-corrected chi connectivity index (χ3v) is 5.39. The van der Waals surface area contributed by atoms with Crippen LogP contribution in [0.4, 0.5) is 5.00 Å². The van der Waals surface area contributed by atoms with Crippen molar-refractivity contribution in [1.29, 1.82) is 0 Å². The van der Waals surface area contributed by atoms with E-state index >= 15 is 0 Å². The molecule has 0 spiro atoms. The van der Waals surface area contributed by atoms with Crippen LogP contribution in [-0.2, 0) is 11.3 Å². The minimum absolute atomic E-state index is 0.0336. The Morgan fingerprint density at radius 3 is 2.71 bits per heavy atom. The summed E-state index contributed by atoms with van der Waals surface area (Å²) in [6, 6.07) is 7.37. The van der Waals surface area contributed by atoms with Crippen LogP contribution < -0.4 is 5.43 Å². The van der Waals surface area contributed by atoms with Crippen LogP contribution in [0.25, 0.3) is 17.0 Å². The smallest absolute Gasteiger partial charge is 0.343 e. The molecule has 0 aliphatic carbocycles. The molecule has 160 valence electrons. The van der Waals surface area contributed by atoms with Gasteiger partial charge in [-0.2, -0.15) is 0 Å². The van der Waals surface area contributed by atoms with Gasteiger partial charge < -0.3 is 14.4 Å². The van der Waals surface area contributed by atoms with Gasteiger partial charge in [0.1, 0.15) is 5.56 Å². The molecule has 1 N–H and O–H groups in total. The molecule has 3 rings (SSSR count). The minimum Gasteiger partial charge on any atom is -0.462 e. The van der Waals surface area contributed by atoms with Gasteiger partial charge in [-0.15, -0.1) is 0 Å². The zero-order chi connectivity index (χ0) is 22.5. The Morgan fingerprint density at radius 2 is 2.06 bits per heavy atom. The van der Waals surface area contributed by atoms with Crippen molar-refractivity contribution in [3.63, 3.8) is 0 Å². The van der Waals surface area contributed by atoms with Gasteiger partial charge in [0.2, 0.25) is 5.43 Å². The summed E-state index contributed by atoms with van der Waals surface area (Å²) >= 11 is 0.934. The first-order valence-corrected chi connectivity index (χ1v) is 10.1. The van der Waals surface area contributed by atoms with E-state index in [1.54, 1.807) is 17.6 Å². The lowest BCUT2D eigenvalue weighted by molar-refractivity contribution is -0.380. The SMILES string of the molecule is CCOC(=O)c1cn(CCO)c2ccc(C(=O)/C=C/c3ccc([N+](=O)[O-])s3)cc2c1=O. The van der Waals surface area contributed by atoms with Crippen molar-refractivity contribution in [3.05, 3.63) is 78.9 Å². The number of benzene rings is 1. The second-order valence-electron chi connectivity index (χ2n) is 6.37. The van der Waals surface area contributed by atoms with Gasteiger partial charge >= 0.3 is 11.0 Å². The van der Waals surface area contributed by atoms with Gasteiger partial charge in [0.15, 0.2) is 5.78 Å². The summed E-state index contributed by atoms with van der Waals surface area (Å²) in [7, 11) is 0. The van der Waals surface area contributed by atoms with Gasteiger partial charge in [-0.3, -0.25) is 19.7 Å². The normalized spacial score (nSPS) is 11.2. The number of nitro groups is 1. The van der Waals surface area contributed by atoms with E-state index in [9.17, 15) is 29.6 Å². The molecule has 10 heteroatoms. The molecular weight excluding hydrogens is 424 g/mol. The van der Waals surface area contributed by atoms with Gasteiger partial charge in [0.05, 0.1) is 23.7 Å². The molecular formula is C21H18N2O7S. The van der Waals surface area contributed by atoms with Crippen LogP contribution in [0.2, 0.25) is 0 Å². The Hall–Kier alpha value is -3.63. The summed E-state index contributed by atoms with van der Waals surface area (Å²) in [5.74, 6) is -1.19. The Labute approximate surface area is 180 Å². The molecule has 2 heterocycles. The van der Waals surface area contributed by atoms with Gasteiger partial charge in [-0.1, -0.05) is 11.3 Å². The summed E-state index contributed by atoms with van der Waals surface area (Å²) in [6.07, 6.45) is 4.06. The maximum absolute atomic E-state index is 12.9. The lowest BCUT2D eigenvalue weighted by Gasteiger charge is -2.12. The Bertz CT molecular complexity index is 1260. The predicted octanol–water partition coefficient (Wildman–Crippen LogP) is 3.04. The molecule has 9 nitrogen and oxygen atoms in total. The van der Waals surface area contributed by atoms with Crippen LogP contribution >= 0.6 is 11.3 Å². The molecule has 0 bridgehead atoms. The average molecular weight is 442 g/mol. The number of ketones is 1. The van der Waals surface area contributed by atoms with Crippen molar-refractivity contribution < 1.29 is 24.4 Å². The molecule has 1 aromatic carbocycles. The van der Waals surface area contributed by atoms with E-state index in [1.165, 1.54) is 42.6 Å². The number of rotatable bonds is 8. The molecule has 31 heavy (non-hydrogen) atoms. The topological polar surface area (TPSA) is 129 Å². The highest BCUT2D eigenvalue weighted by molar-refractivity contribution is 7.16. The highest BCUT2D eigenvalue weighted by atomic mass is 32.1. The monoisotopic (exact) mass is 442 g/mol. The second kappa shape index (κ2) is 9.45. The zero-order valence-electron chi connectivity index (χ0n) is 16.4. The third-order valence-electron chi connectivity index (χ3n) is 4.39. The molecule has 0 unspecified atom stereocenters. The molecule has 0 amide bonds. The standard InChI is InChI=1S/C21H18N2O7S/c1-2-30-21(27)16-12-22(9-10-24)17-6-3-13(11-15(17)20(16)26)18(25)7-4-14-5-8-19(31-14)23(28)29/h3-8,11-12,24H,2,9-10H2,1H3/b7-4+. The predicted molar refractivity (Wildman–Crippen MR) is 116 cm³/mol. The Balaban J connectivity index is 2.01. The Morgan fingerprint density at radius 1 is 1.29 bits per heavy atom. The van der Waals surface area contributed by atoms with Crippen LogP contribution in [0.1, 0.15) is 32.5 Å². The number of hydrogen-bond donors (Lipinski definition) is 1. The first-order valence-electron chi connectivity index (χ1n) is 9.27. The number of fused-ring (bicyclic) bond motifs is 1. The maximum Gasteiger partial charge on any atom is 0.343 e. The van der Waals surface area contributed by atoms with Crippen molar-refractivity contribution in [2.75, 3.05) is 13.2 Å². The van der Waals surface area contributed by atoms with Crippen molar-refractivity contribution in [3.8, 4) is 0 Å². The van der Waals surface area contributed by atoms with E-state index in [1.807, 2.05) is 0 Å². The maximum atomic E-state index is 12.9. The van der Waals surface area contributed by atoms with E-state index in [-0.39, 0.29) is 41.3 Å². The highest BCUT2D eigenvalue weighted by Gasteiger charge is 2.17. The summed E-state index contributed by atoms with van der Waals surface area (Å²) < 4.78 is 6.49. The van der Waals surface area contributed by atoms with Crippen LogP contribution in [0.3, 0.4) is 0 Å². The number of aliphatic hydroxyl groups excluding tert-OH is 1. The fourth-order valence-electron chi connectivity index (χ4n) is 2.98. The fourth-order valence-corrected chi connectivity index (χ4v) is 3.71. The Kier molecular flexibility index (Phi) is 6.73. The van der Waals surface area contributed by atoms with Crippen LogP contribution in [0, 0.1) is 10.1 Å². The quantitative estimate of drug-likeness (QED) is 0.187. The largest absolute Gasteiger partial charge is 0.462 e. The molecule has 0 aliphatic heterocycles. The van der Waals surface area contributed by atoms with Gasteiger partial charge in [0.25, 0.3) is 0 Å². The number of hydrogen-bond acceptors (Lipinski definition) is 8. The van der Waals surface area contributed by atoms with Crippen molar-refractivity contribution in [2.45, 2.75) is 13.5 Å². The number of allylic oxidation sites excluding steroid dienone is 1. The number of pyridine rings is 1. The van der Waals surface area contributed by atoms with Crippen molar-refractivity contribution >= 4 is 45.1 Å². The van der Waals surface area contributed by atoms with E-state index in [0.717, 1.165) is 11.3 Å². The molecule has 3 aromatic rings. The van der Waals surface area contributed by atoms with Crippen LogP contribution in [0.15, 0.2) is 47.4 Å². The van der Waals surface area contributed by atoms with E-state index in [2.05, 4.69) is 0 Å². The molecule has 0 saturated carbocycles. The molecule has 0 saturated heterocycles. The first-order chi connectivity index (χ1) is 14.8. The van der Waals surface area contributed by atoms with Gasteiger partial charge in [-0.05, 0) is 43.3 Å². The molecule has 0 atom stereocenters. The van der Waals surface area contributed by atoms with E-state index in [0.29, 0.717) is 10.4 Å². The molecule has 0 fully saturated rings. The van der Waals surface area contributed by atoms with Crippen LogP contribution in [0.5, 0.6) is 0 Å². The second-order valence-corrected chi connectivity index (χ2v) is 7.47. The summed E-state index contributed by atoms with van der Waals surface area (Å²) in [4.78, 5) is 48.4.